The van der Waals surface area contributed by atoms with Crippen molar-refractivity contribution in [2.75, 3.05) is 30.5 Å². The highest BCUT2D eigenvalue weighted by atomic mass is 32.2. The van der Waals surface area contributed by atoms with Gasteiger partial charge in [-0.3, -0.25) is 4.31 Å². The molecule has 0 N–H and O–H groups in total. The van der Waals surface area contributed by atoms with E-state index in [4.69, 9.17) is 0 Å². The molecule has 1 saturated heterocycles. The van der Waals surface area contributed by atoms with Crippen LogP contribution in [-0.4, -0.2) is 39.5 Å². The maximum atomic E-state index is 12.9. The second kappa shape index (κ2) is 6.61. The van der Waals surface area contributed by atoms with E-state index in [-0.39, 0.29) is 0 Å². The minimum Gasteiger partial charge on any atom is -0.303 e. The fourth-order valence-electron chi connectivity index (χ4n) is 4.08. The van der Waals surface area contributed by atoms with Gasteiger partial charge in [0.1, 0.15) is 0 Å². The number of rotatable bonds is 5. The molecule has 2 aromatic rings. The normalized spacial score (nSPS) is 20.4. The minimum absolute atomic E-state index is 0.464. The Morgan fingerprint density at radius 2 is 1.68 bits per heavy atom. The number of hydrogen-bond donors (Lipinski definition) is 0. The van der Waals surface area contributed by atoms with Crippen molar-refractivity contribution in [2.45, 2.75) is 37.5 Å². The smallest absolute Gasteiger partial charge is 0.265 e. The zero-order valence-electron chi connectivity index (χ0n) is 14.8. The van der Waals surface area contributed by atoms with E-state index in [2.05, 4.69) is 11.8 Å². The van der Waals surface area contributed by atoms with E-state index in [1.54, 1.807) is 10.4 Å². The monoisotopic (exact) mass is 358 g/mol. The predicted octanol–water partition coefficient (Wildman–Crippen LogP) is 3.86. The Kier molecular flexibility index (Phi) is 4.46. The average Bonchev–Trinajstić information content (AvgIpc) is 2.83. The van der Waals surface area contributed by atoms with E-state index in [1.165, 1.54) is 25.9 Å². The average molecular weight is 359 g/mol. The summed E-state index contributed by atoms with van der Waals surface area (Å²) in [7, 11) is -3.39. The van der Waals surface area contributed by atoms with Crippen LogP contribution in [-0.2, 0) is 10.0 Å². The molecule has 134 valence electrons. The first kappa shape index (κ1) is 16.9. The molecule has 2 aliphatic rings. The lowest BCUT2D eigenvalue weighted by molar-refractivity contribution is 0.190. The van der Waals surface area contributed by atoms with Crippen LogP contribution in [0, 0.1) is 5.92 Å². The molecule has 4 rings (SSSR count). The molecular formula is C20H26N2O2S. The zero-order chi connectivity index (χ0) is 17.4. The Morgan fingerprint density at radius 1 is 1.00 bits per heavy atom. The second-order valence-corrected chi connectivity index (χ2v) is 9.27. The van der Waals surface area contributed by atoms with Gasteiger partial charge in [-0.15, -0.1) is 0 Å². The van der Waals surface area contributed by atoms with E-state index in [0.29, 0.717) is 11.4 Å². The Morgan fingerprint density at radius 3 is 2.44 bits per heavy atom. The number of piperidine rings is 1. The number of hydrogen-bond acceptors (Lipinski definition) is 3. The summed E-state index contributed by atoms with van der Waals surface area (Å²) in [4.78, 5) is 2.99. The van der Waals surface area contributed by atoms with Crippen molar-refractivity contribution in [3.63, 3.8) is 0 Å². The Bertz CT molecular complexity index is 865. The van der Waals surface area contributed by atoms with Gasteiger partial charge in [0.15, 0.2) is 0 Å². The standard InChI is InChI=1S/C20H26N2O2S/c1-16-10-14-21(15-11-16)12-2-3-13-22-18-8-4-6-17-7-5-9-19(20(17)18)25(22,23)24/h4-9,16H,2-3,10-15H2,1H3. The summed E-state index contributed by atoms with van der Waals surface area (Å²) in [5, 5.41) is 1.89. The highest BCUT2D eigenvalue weighted by Crippen LogP contribution is 2.41. The topological polar surface area (TPSA) is 40.6 Å². The van der Waals surface area contributed by atoms with Crippen molar-refractivity contribution in [1.29, 1.82) is 0 Å². The highest BCUT2D eigenvalue weighted by molar-refractivity contribution is 7.93. The van der Waals surface area contributed by atoms with Crippen LogP contribution in [0.1, 0.15) is 32.6 Å². The van der Waals surface area contributed by atoms with E-state index >= 15 is 0 Å². The first-order valence-electron chi connectivity index (χ1n) is 9.34. The van der Waals surface area contributed by atoms with Gasteiger partial charge in [-0.2, -0.15) is 0 Å². The molecule has 4 nitrogen and oxygen atoms in total. The first-order chi connectivity index (χ1) is 12.1. The lowest BCUT2D eigenvalue weighted by atomic mass is 9.99. The molecular weight excluding hydrogens is 332 g/mol. The maximum Gasteiger partial charge on any atom is 0.265 e. The van der Waals surface area contributed by atoms with Gasteiger partial charge in [-0.1, -0.05) is 31.2 Å². The zero-order valence-corrected chi connectivity index (χ0v) is 15.6. The number of nitrogens with zero attached hydrogens (tertiary/aromatic N) is 2. The van der Waals surface area contributed by atoms with E-state index in [9.17, 15) is 8.42 Å². The number of likely N-dealkylation sites (tertiary alicyclic amines) is 1. The summed E-state index contributed by atoms with van der Waals surface area (Å²) in [6, 6.07) is 11.4. The van der Waals surface area contributed by atoms with Crippen molar-refractivity contribution < 1.29 is 8.42 Å². The van der Waals surface area contributed by atoms with Crippen LogP contribution in [0.2, 0.25) is 0 Å². The summed E-state index contributed by atoms with van der Waals surface area (Å²) in [5.74, 6) is 0.852. The molecule has 0 bridgehead atoms. The van der Waals surface area contributed by atoms with E-state index in [1.807, 2.05) is 30.3 Å². The molecule has 25 heavy (non-hydrogen) atoms. The van der Waals surface area contributed by atoms with E-state index in [0.717, 1.165) is 41.8 Å². The maximum absolute atomic E-state index is 12.9. The minimum atomic E-state index is -3.39. The summed E-state index contributed by atoms with van der Waals surface area (Å²) in [6.45, 7) is 6.35. The third-order valence-electron chi connectivity index (χ3n) is 5.64. The van der Waals surface area contributed by atoms with Crippen LogP contribution < -0.4 is 4.31 Å². The summed E-state index contributed by atoms with van der Waals surface area (Å²) in [5.41, 5.74) is 0.847. The van der Waals surface area contributed by atoms with Gasteiger partial charge in [-0.05, 0) is 68.8 Å². The van der Waals surface area contributed by atoms with Crippen molar-refractivity contribution in [3.8, 4) is 0 Å². The summed E-state index contributed by atoms with van der Waals surface area (Å²) < 4.78 is 27.4. The fourth-order valence-corrected chi connectivity index (χ4v) is 5.82. The summed E-state index contributed by atoms with van der Waals surface area (Å²) >= 11 is 0. The quantitative estimate of drug-likeness (QED) is 0.762. The van der Waals surface area contributed by atoms with E-state index < -0.39 is 10.0 Å². The molecule has 0 aromatic heterocycles. The van der Waals surface area contributed by atoms with Crippen molar-refractivity contribution in [1.82, 2.24) is 4.90 Å². The fraction of sp³-hybridized carbons (Fsp3) is 0.500. The molecule has 0 amide bonds. The molecule has 0 unspecified atom stereocenters. The number of anilines is 1. The van der Waals surface area contributed by atoms with Crippen LogP contribution >= 0.6 is 0 Å². The largest absolute Gasteiger partial charge is 0.303 e. The van der Waals surface area contributed by atoms with Gasteiger partial charge < -0.3 is 4.90 Å². The van der Waals surface area contributed by atoms with Crippen LogP contribution in [0.4, 0.5) is 5.69 Å². The van der Waals surface area contributed by atoms with Crippen molar-refractivity contribution in [2.24, 2.45) is 5.92 Å². The molecule has 5 heteroatoms. The predicted molar refractivity (Wildman–Crippen MR) is 103 cm³/mol. The van der Waals surface area contributed by atoms with Gasteiger partial charge in [0, 0.05) is 11.9 Å². The van der Waals surface area contributed by atoms with Crippen LogP contribution in [0.3, 0.4) is 0 Å². The molecule has 2 aromatic carbocycles. The number of unbranched alkanes of at least 4 members (excludes halogenated alkanes) is 1. The van der Waals surface area contributed by atoms with Gasteiger partial charge in [-0.25, -0.2) is 8.42 Å². The number of sulfonamides is 1. The SMILES string of the molecule is CC1CCN(CCCCN2c3cccc4cccc(c34)S2(=O)=O)CC1. The van der Waals surface area contributed by atoms with Gasteiger partial charge in [0.2, 0.25) is 0 Å². The third-order valence-corrected chi connectivity index (χ3v) is 7.50. The van der Waals surface area contributed by atoms with Crippen LogP contribution in [0.15, 0.2) is 41.3 Å². The molecule has 2 aliphatic heterocycles. The lowest BCUT2D eigenvalue weighted by Gasteiger charge is -2.30. The third kappa shape index (κ3) is 3.04. The van der Waals surface area contributed by atoms with Crippen LogP contribution in [0.25, 0.3) is 10.8 Å². The number of benzene rings is 2. The molecule has 0 atom stereocenters. The Balaban J connectivity index is 1.43. The molecule has 0 aliphatic carbocycles. The van der Waals surface area contributed by atoms with Crippen molar-refractivity contribution >= 4 is 26.5 Å². The molecule has 0 radical (unpaired) electrons. The lowest BCUT2D eigenvalue weighted by Crippen LogP contribution is -2.34. The second-order valence-electron chi connectivity index (χ2n) is 7.44. The van der Waals surface area contributed by atoms with Gasteiger partial charge >= 0.3 is 0 Å². The first-order valence-corrected chi connectivity index (χ1v) is 10.8. The van der Waals surface area contributed by atoms with Gasteiger partial charge in [0.05, 0.1) is 10.6 Å². The van der Waals surface area contributed by atoms with Crippen molar-refractivity contribution in [3.05, 3.63) is 36.4 Å². The van der Waals surface area contributed by atoms with Crippen LogP contribution in [0.5, 0.6) is 0 Å². The Labute approximate surface area is 150 Å². The Hall–Kier alpha value is -1.59. The molecule has 0 saturated carbocycles. The molecule has 1 fully saturated rings. The van der Waals surface area contributed by atoms with Gasteiger partial charge in [0.25, 0.3) is 10.0 Å². The summed E-state index contributed by atoms with van der Waals surface area (Å²) in [6.07, 6.45) is 4.53. The molecule has 0 spiro atoms. The molecule has 2 heterocycles. The highest BCUT2D eigenvalue weighted by Gasteiger charge is 2.34.